The number of unbranched alkanes of at least 4 members (excludes halogenated alkanes) is 1. The Labute approximate surface area is 78.6 Å². The molecule has 0 aromatic rings. The highest BCUT2D eigenvalue weighted by molar-refractivity contribution is 6.71. The van der Waals surface area contributed by atoms with E-state index in [1.807, 2.05) is 0 Å². The predicted molar refractivity (Wildman–Crippen MR) is 58.0 cm³/mol. The maximum Gasteiger partial charge on any atom is 0.186 e. The van der Waals surface area contributed by atoms with E-state index in [-0.39, 0.29) is 0 Å². The SMILES string of the molecule is CCCC[Si](C)(C)OCC(C)C. The second-order valence-electron chi connectivity index (χ2n) is 4.57. The molecule has 2 heteroatoms. The maximum atomic E-state index is 5.93. The van der Waals surface area contributed by atoms with Gasteiger partial charge in [0.05, 0.1) is 0 Å². The molecule has 0 saturated carbocycles. The lowest BCUT2D eigenvalue weighted by atomic mass is 10.2. The van der Waals surface area contributed by atoms with Crippen LogP contribution in [0, 0.1) is 5.92 Å². The minimum Gasteiger partial charge on any atom is -0.417 e. The fourth-order valence-corrected chi connectivity index (χ4v) is 3.20. The van der Waals surface area contributed by atoms with Crippen LogP contribution in [-0.2, 0) is 4.43 Å². The highest BCUT2D eigenvalue weighted by Crippen LogP contribution is 2.15. The van der Waals surface area contributed by atoms with Crippen LogP contribution in [0.1, 0.15) is 33.6 Å². The number of hydrogen-bond acceptors (Lipinski definition) is 1. The molecular formula is C10H24OSi. The average Bonchev–Trinajstić information content (AvgIpc) is 1.98. The van der Waals surface area contributed by atoms with Crippen LogP contribution in [-0.4, -0.2) is 14.9 Å². The minimum atomic E-state index is -1.29. The highest BCUT2D eigenvalue weighted by atomic mass is 28.4. The third-order valence-corrected chi connectivity index (χ3v) is 4.45. The first-order chi connectivity index (χ1) is 5.48. The fraction of sp³-hybridized carbons (Fsp3) is 1.00. The van der Waals surface area contributed by atoms with Crippen LogP contribution in [0.3, 0.4) is 0 Å². The average molecular weight is 188 g/mol. The molecule has 0 amide bonds. The van der Waals surface area contributed by atoms with Gasteiger partial charge in [0.25, 0.3) is 0 Å². The highest BCUT2D eigenvalue weighted by Gasteiger charge is 2.21. The Morgan fingerprint density at radius 3 is 2.25 bits per heavy atom. The van der Waals surface area contributed by atoms with Crippen LogP contribution in [0.2, 0.25) is 19.1 Å². The van der Waals surface area contributed by atoms with Gasteiger partial charge in [-0.15, -0.1) is 0 Å². The molecule has 0 aliphatic heterocycles. The minimum absolute atomic E-state index is 0.679. The van der Waals surface area contributed by atoms with E-state index in [1.54, 1.807) is 0 Å². The van der Waals surface area contributed by atoms with Crippen LogP contribution in [0.4, 0.5) is 0 Å². The molecule has 0 aliphatic rings. The summed E-state index contributed by atoms with van der Waals surface area (Å²) in [6, 6.07) is 1.32. The van der Waals surface area contributed by atoms with Gasteiger partial charge >= 0.3 is 0 Å². The van der Waals surface area contributed by atoms with E-state index >= 15 is 0 Å². The monoisotopic (exact) mass is 188 g/mol. The van der Waals surface area contributed by atoms with Crippen molar-refractivity contribution < 1.29 is 4.43 Å². The lowest BCUT2D eigenvalue weighted by molar-refractivity contribution is 0.260. The van der Waals surface area contributed by atoms with Crippen LogP contribution in [0.15, 0.2) is 0 Å². The van der Waals surface area contributed by atoms with E-state index in [1.165, 1.54) is 18.9 Å². The lowest BCUT2D eigenvalue weighted by Gasteiger charge is -2.23. The molecule has 0 saturated heterocycles. The lowest BCUT2D eigenvalue weighted by Crippen LogP contribution is -2.31. The normalized spacial score (nSPS) is 12.5. The molecule has 0 fully saturated rings. The van der Waals surface area contributed by atoms with E-state index < -0.39 is 8.32 Å². The largest absolute Gasteiger partial charge is 0.417 e. The second kappa shape index (κ2) is 5.76. The third kappa shape index (κ3) is 6.86. The van der Waals surface area contributed by atoms with Crippen molar-refractivity contribution in [1.82, 2.24) is 0 Å². The molecule has 0 rings (SSSR count). The summed E-state index contributed by atoms with van der Waals surface area (Å²) < 4.78 is 5.93. The quantitative estimate of drug-likeness (QED) is 0.578. The molecule has 1 nitrogen and oxygen atoms in total. The number of hydrogen-bond donors (Lipinski definition) is 0. The molecule has 0 heterocycles. The molecule has 0 bridgehead atoms. The molecule has 0 aliphatic carbocycles. The Morgan fingerprint density at radius 1 is 1.25 bits per heavy atom. The van der Waals surface area contributed by atoms with Gasteiger partial charge in [0.1, 0.15) is 0 Å². The van der Waals surface area contributed by atoms with E-state index in [9.17, 15) is 0 Å². The zero-order valence-electron chi connectivity index (χ0n) is 9.31. The van der Waals surface area contributed by atoms with Gasteiger partial charge in [0, 0.05) is 6.61 Å². The van der Waals surface area contributed by atoms with Gasteiger partial charge in [-0.05, 0) is 25.1 Å². The van der Waals surface area contributed by atoms with Crippen molar-refractivity contribution in [2.45, 2.75) is 52.8 Å². The van der Waals surface area contributed by atoms with Gasteiger partial charge < -0.3 is 4.43 Å². The molecule has 0 aromatic carbocycles. The van der Waals surface area contributed by atoms with Gasteiger partial charge in [-0.1, -0.05) is 33.6 Å². The summed E-state index contributed by atoms with van der Waals surface area (Å²) in [6.07, 6.45) is 2.62. The van der Waals surface area contributed by atoms with Crippen molar-refractivity contribution >= 4 is 8.32 Å². The molecule has 0 spiro atoms. The molecule has 0 atom stereocenters. The molecule has 0 N–H and O–H groups in total. The maximum absolute atomic E-state index is 5.93. The Morgan fingerprint density at radius 2 is 1.83 bits per heavy atom. The van der Waals surface area contributed by atoms with Crippen molar-refractivity contribution in [3.05, 3.63) is 0 Å². The predicted octanol–water partition coefficient (Wildman–Crippen LogP) is 3.66. The van der Waals surface area contributed by atoms with E-state index in [0.29, 0.717) is 5.92 Å². The molecule has 0 aromatic heterocycles. The van der Waals surface area contributed by atoms with Gasteiger partial charge in [-0.3, -0.25) is 0 Å². The van der Waals surface area contributed by atoms with Gasteiger partial charge in [-0.25, -0.2) is 0 Å². The Bertz CT molecular complexity index is 110. The van der Waals surface area contributed by atoms with Crippen molar-refractivity contribution in [1.29, 1.82) is 0 Å². The Hall–Kier alpha value is 0.177. The van der Waals surface area contributed by atoms with Crippen LogP contribution < -0.4 is 0 Å². The first kappa shape index (κ1) is 12.2. The molecule has 74 valence electrons. The summed E-state index contributed by atoms with van der Waals surface area (Å²) in [6.45, 7) is 12.3. The summed E-state index contributed by atoms with van der Waals surface area (Å²) in [5.74, 6) is 0.679. The summed E-state index contributed by atoms with van der Waals surface area (Å²) in [7, 11) is -1.29. The summed E-state index contributed by atoms with van der Waals surface area (Å²) in [4.78, 5) is 0. The van der Waals surface area contributed by atoms with Gasteiger partial charge in [0.2, 0.25) is 0 Å². The van der Waals surface area contributed by atoms with Gasteiger partial charge in [0.15, 0.2) is 8.32 Å². The van der Waals surface area contributed by atoms with Crippen molar-refractivity contribution in [3.63, 3.8) is 0 Å². The van der Waals surface area contributed by atoms with Crippen LogP contribution >= 0.6 is 0 Å². The smallest absolute Gasteiger partial charge is 0.186 e. The molecule has 0 radical (unpaired) electrons. The Balaban J connectivity index is 3.56. The van der Waals surface area contributed by atoms with E-state index in [0.717, 1.165) is 6.61 Å². The summed E-state index contributed by atoms with van der Waals surface area (Å²) in [5.41, 5.74) is 0. The van der Waals surface area contributed by atoms with Crippen molar-refractivity contribution in [3.8, 4) is 0 Å². The van der Waals surface area contributed by atoms with E-state index in [2.05, 4.69) is 33.9 Å². The standard InChI is InChI=1S/C10H24OSi/c1-6-7-8-12(4,5)11-9-10(2)3/h10H,6-9H2,1-5H3. The van der Waals surface area contributed by atoms with Crippen LogP contribution in [0.25, 0.3) is 0 Å². The summed E-state index contributed by atoms with van der Waals surface area (Å²) >= 11 is 0. The number of rotatable bonds is 6. The third-order valence-electron chi connectivity index (χ3n) is 1.94. The zero-order chi connectivity index (χ0) is 9.61. The topological polar surface area (TPSA) is 9.23 Å². The zero-order valence-corrected chi connectivity index (χ0v) is 10.3. The van der Waals surface area contributed by atoms with E-state index in [4.69, 9.17) is 4.43 Å². The van der Waals surface area contributed by atoms with Crippen LogP contribution in [0.5, 0.6) is 0 Å². The molecular weight excluding hydrogens is 164 g/mol. The second-order valence-corrected chi connectivity index (χ2v) is 8.88. The Kier molecular flexibility index (Phi) is 5.84. The van der Waals surface area contributed by atoms with Crippen molar-refractivity contribution in [2.24, 2.45) is 5.92 Å². The fourth-order valence-electron chi connectivity index (χ4n) is 1.07. The van der Waals surface area contributed by atoms with Gasteiger partial charge in [-0.2, -0.15) is 0 Å². The first-order valence-electron chi connectivity index (χ1n) is 5.12. The van der Waals surface area contributed by atoms with Crippen molar-refractivity contribution in [2.75, 3.05) is 6.61 Å². The molecule has 0 unspecified atom stereocenters. The first-order valence-corrected chi connectivity index (χ1v) is 8.23. The molecule has 12 heavy (non-hydrogen) atoms. The summed E-state index contributed by atoms with van der Waals surface area (Å²) in [5, 5.41) is 0.